The van der Waals surface area contributed by atoms with Crippen LogP contribution in [0, 0.1) is 0 Å². The van der Waals surface area contributed by atoms with Crippen LogP contribution in [-0.2, 0) is 0 Å². The predicted molar refractivity (Wildman–Crippen MR) is 114 cm³/mol. The molecule has 0 fully saturated rings. The summed E-state index contributed by atoms with van der Waals surface area (Å²) in [6.07, 6.45) is 1.06. The number of likely N-dealkylation sites (N-methyl/N-ethyl adjacent to an activating group) is 1. The molecule has 0 aliphatic heterocycles. The van der Waals surface area contributed by atoms with E-state index in [0.717, 1.165) is 30.2 Å². The SMILES string of the molecule is CCNC(=NCC(c1ccccc1OC)N(C)C)NC(C)CC.I. The third kappa shape index (κ3) is 7.25. The Morgan fingerprint density at radius 3 is 2.46 bits per heavy atom. The van der Waals surface area contributed by atoms with E-state index in [1.165, 1.54) is 0 Å². The number of methoxy groups -OCH3 is 1. The van der Waals surface area contributed by atoms with Gasteiger partial charge in [-0.2, -0.15) is 0 Å². The highest BCUT2D eigenvalue weighted by atomic mass is 127. The van der Waals surface area contributed by atoms with E-state index in [1.54, 1.807) is 7.11 Å². The highest BCUT2D eigenvalue weighted by Crippen LogP contribution is 2.28. The Hall–Kier alpha value is -1.02. The summed E-state index contributed by atoms with van der Waals surface area (Å²) >= 11 is 0. The van der Waals surface area contributed by atoms with E-state index in [1.807, 2.05) is 18.2 Å². The normalized spacial score (nSPS) is 13.9. The van der Waals surface area contributed by atoms with Crippen molar-refractivity contribution in [1.82, 2.24) is 15.5 Å². The summed E-state index contributed by atoms with van der Waals surface area (Å²) in [7, 11) is 5.85. The molecule has 0 radical (unpaired) electrons. The Balaban J connectivity index is 0.00000529. The van der Waals surface area contributed by atoms with Crippen molar-refractivity contribution in [3.05, 3.63) is 29.8 Å². The Morgan fingerprint density at radius 1 is 1.25 bits per heavy atom. The van der Waals surface area contributed by atoms with Gasteiger partial charge in [0.25, 0.3) is 0 Å². The van der Waals surface area contributed by atoms with Crippen LogP contribution < -0.4 is 15.4 Å². The van der Waals surface area contributed by atoms with Crippen LogP contribution in [0.3, 0.4) is 0 Å². The molecule has 1 rings (SSSR count). The van der Waals surface area contributed by atoms with E-state index in [4.69, 9.17) is 9.73 Å². The number of ether oxygens (including phenoxy) is 1. The van der Waals surface area contributed by atoms with Gasteiger partial charge in [0.05, 0.1) is 19.7 Å². The van der Waals surface area contributed by atoms with E-state index >= 15 is 0 Å². The number of aliphatic imine (C=N–C) groups is 1. The summed E-state index contributed by atoms with van der Waals surface area (Å²) in [5, 5.41) is 6.74. The number of hydrogen-bond donors (Lipinski definition) is 2. The second-order valence-electron chi connectivity index (χ2n) is 5.89. The molecule has 0 saturated carbocycles. The number of nitrogens with zero attached hydrogens (tertiary/aromatic N) is 2. The van der Waals surface area contributed by atoms with Crippen molar-refractivity contribution in [3.8, 4) is 5.75 Å². The molecule has 2 N–H and O–H groups in total. The summed E-state index contributed by atoms with van der Waals surface area (Å²) in [5.74, 6) is 1.77. The fourth-order valence-electron chi connectivity index (χ4n) is 2.31. The molecule has 0 saturated heterocycles. The summed E-state index contributed by atoms with van der Waals surface area (Å²) in [5.41, 5.74) is 1.16. The topological polar surface area (TPSA) is 48.9 Å². The van der Waals surface area contributed by atoms with Crippen molar-refractivity contribution >= 4 is 29.9 Å². The zero-order valence-electron chi connectivity index (χ0n) is 15.8. The van der Waals surface area contributed by atoms with Gasteiger partial charge in [-0.05, 0) is 40.4 Å². The lowest BCUT2D eigenvalue weighted by atomic mass is 10.0. The lowest BCUT2D eigenvalue weighted by molar-refractivity contribution is 0.295. The molecule has 2 atom stereocenters. The van der Waals surface area contributed by atoms with Gasteiger partial charge in [0, 0.05) is 18.2 Å². The molecule has 1 aromatic carbocycles. The molecule has 138 valence electrons. The first kappa shape index (κ1) is 23.0. The number of para-hydroxylation sites is 1. The van der Waals surface area contributed by atoms with Gasteiger partial charge < -0.3 is 20.3 Å². The molecular weight excluding hydrogens is 415 g/mol. The zero-order valence-corrected chi connectivity index (χ0v) is 18.1. The van der Waals surface area contributed by atoms with Crippen LogP contribution in [0.4, 0.5) is 0 Å². The molecule has 1 aromatic rings. The maximum atomic E-state index is 5.51. The monoisotopic (exact) mass is 448 g/mol. The molecule has 0 heterocycles. The lowest BCUT2D eigenvalue weighted by Crippen LogP contribution is -2.42. The quantitative estimate of drug-likeness (QED) is 0.364. The first-order valence-electron chi connectivity index (χ1n) is 8.37. The molecular formula is C18H33IN4O. The number of hydrogen-bond acceptors (Lipinski definition) is 3. The van der Waals surface area contributed by atoms with Crippen molar-refractivity contribution in [2.75, 3.05) is 34.3 Å². The van der Waals surface area contributed by atoms with Crippen molar-refractivity contribution in [1.29, 1.82) is 0 Å². The van der Waals surface area contributed by atoms with E-state index < -0.39 is 0 Å². The number of halogens is 1. The lowest BCUT2D eigenvalue weighted by Gasteiger charge is -2.25. The summed E-state index contributed by atoms with van der Waals surface area (Å²) < 4.78 is 5.51. The molecule has 0 bridgehead atoms. The molecule has 0 amide bonds. The van der Waals surface area contributed by atoms with E-state index in [9.17, 15) is 0 Å². The van der Waals surface area contributed by atoms with Crippen LogP contribution >= 0.6 is 24.0 Å². The predicted octanol–water partition coefficient (Wildman–Crippen LogP) is 3.27. The van der Waals surface area contributed by atoms with Gasteiger partial charge in [0.1, 0.15) is 5.75 Å². The fourth-order valence-corrected chi connectivity index (χ4v) is 2.31. The van der Waals surface area contributed by atoms with Crippen LogP contribution in [0.2, 0.25) is 0 Å². The average molecular weight is 448 g/mol. The van der Waals surface area contributed by atoms with Crippen molar-refractivity contribution < 1.29 is 4.74 Å². The van der Waals surface area contributed by atoms with Crippen LogP contribution in [0.5, 0.6) is 5.75 Å². The van der Waals surface area contributed by atoms with Crippen molar-refractivity contribution in [2.45, 2.75) is 39.3 Å². The Kier molecular flexibility index (Phi) is 11.8. The van der Waals surface area contributed by atoms with Gasteiger partial charge in [-0.15, -0.1) is 24.0 Å². The third-order valence-electron chi connectivity index (χ3n) is 3.88. The number of benzene rings is 1. The van der Waals surface area contributed by atoms with Crippen LogP contribution in [0.15, 0.2) is 29.3 Å². The molecule has 6 heteroatoms. The molecule has 0 aliphatic carbocycles. The van der Waals surface area contributed by atoms with Gasteiger partial charge in [-0.3, -0.25) is 4.99 Å². The highest BCUT2D eigenvalue weighted by Gasteiger charge is 2.18. The second-order valence-corrected chi connectivity index (χ2v) is 5.89. The molecule has 5 nitrogen and oxygen atoms in total. The van der Waals surface area contributed by atoms with Gasteiger partial charge >= 0.3 is 0 Å². The maximum absolute atomic E-state index is 5.51. The first-order valence-corrected chi connectivity index (χ1v) is 8.37. The van der Waals surface area contributed by atoms with Gasteiger partial charge in [0.2, 0.25) is 0 Å². The number of rotatable bonds is 8. The first-order chi connectivity index (χ1) is 11.0. The zero-order chi connectivity index (χ0) is 17.2. The van der Waals surface area contributed by atoms with E-state index in [2.05, 4.69) is 56.5 Å². The number of nitrogens with one attached hydrogen (secondary N) is 2. The Labute approximate surface area is 164 Å². The van der Waals surface area contributed by atoms with Crippen molar-refractivity contribution in [2.24, 2.45) is 4.99 Å². The average Bonchev–Trinajstić information content (AvgIpc) is 2.55. The minimum Gasteiger partial charge on any atom is -0.496 e. The van der Waals surface area contributed by atoms with Gasteiger partial charge in [-0.1, -0.05) is 25.1 Å². The minimum absolute atomic E-state index is 0. The summed E-state index contributed by atoms with van der Waals surface area (Å²) in [4.78, 5) is 6.95. The highest BCUT2D eigenvalue weighted by molar-refractivity contribution is 14.0. The smallest absolute Gasteiger partial charge is 0.191 e. The summed E-state index contributed by atoms with van der Waals surface area (Å²) in [6.45, 7) is 7.93. The molecule has 0 aromatic heterocycles. The molecule has 0 spiro atoms. The van der Waals surface area contributed by atoms with Gasteiger partial charge in [-0.25, -0.2) is 0 Å². The van der Waals surface area contributed by atoms with Crippen LogP contribution in [0.25, 0.3) is 0 Å². The van der Waals surface area contributed by atoms with Crippen LogP contribution in [-0.4, -0.2) is 51.2 Å². The largest absolute Gasteiger partial charge is 0.496 e. The molecule has 0 aliphatic rings. The minimum atomic E-state index is 0. The molecule has 24 heavy (non-hydrogen) atoms. The third-order valence-corrected chi connectivity index (χ3v) is 3.88. The fraction of sp³-hybridized carbons (Fsp3) is 0.611. The van der Waals surface area contributed by atoms with Gasteiger partial charge in [0.15, 0.2) is 5.96 Å². The summed E-state index contributed by atoms with van der Waals surface area (Å²) in [6, 6.07) is 8.70. The Bertz CT molecular complexity index is 494. The van der Waals surface area contributed by atoms with Crippen molar-refractivity contribution in [3.63, 3.8) is 0 Å². The maximum Gasteiger partial charge on any atom is 0.191 e. The Morgan fingerprint density at radius 2 is 1.92 bits per heavy atom. The molecule has 2 unspecified atom stereocenters. The standard InChI is InChI=1S/C18H32N4O.HI/c1-7-14(3)21-18(19-8-2)20-13-16(22(4)5)15-11-9-10-12-17(15)23-6;/h9-12,14,16H,7-8,13H2,1-6H3,(H2,19,20,21);1H. The van der Waals surface area contributed by atoms with E-state index in [0.29, 0.717) is 12.6 Å². The number of guanidine groups is 1. The van der Waals surface area contributed by atoms with Crippen LogP contribution in [0.1, 0.15) is 38.8 Å². The second kappa shape index (κ2) is 12.4. The van der Waals surface area contributed by atoms with E-state index in [-0.39, 0.29) is 30.0 Å².